The maximum Gasteiger partial charge on any atom is 0.148 e. The van der Waals surface area contributed by atoms with E-state index < -0.39 is 9.84 Å². The van der Waals surface area contributed by atoms with Crippen LogP contribution >= 0.6 is 0 Å². The van der Waals surface area contributed by atoms with Crippen LogP contribution in [-0.2, 0) is 9.84 Å². The van der Waals surface area contributed by atoms with Crippen molar-refractivity contribution in [3.05, 3.63) is 0 Å². The summed E-state index contributed by atoms with van der Waals surface area (Å²) >= 11 is 0. The Morgan fingerprint density at radius 1 is 1.26 bits per heavy atom. The average Bonchev–Trinajstić information content (AvgIpc) is 2.79. The molecule has 1 heterocycles. The van der Waals surface area contributed by atoms with E-state index in [0.29, 0.717) is 6.54 Å². The lowest BCUT2D eigenvalue weighted by molar-refractivity contribution is 0.0193. The lowest BCUT2D eigenvalue weighted by Gasteiger charge is -2.52. The number of hydrogen-bond donors (Lipinski definition) is 1. The number of nitrogens with zero attached hydrogens (tertiary/aromatic N) is 1. The number of nitrogens with one attached hydrogen (secondary N) is 1. The summed E-state index contributed by atoms with van der Waals surface area (Å²) in [6.45, 7) is 7.11. The van der Waals surface area contributed by atoms with Crippen molar-refractivity contribution in [2.75, 3.05) is 31.6 Å². The van der Waals surface area contributed by atoms with E-state index >= 15 is 0 Å². The predicted molar refractivity (Wildman–Crippen MR) is 79.2 cm³/mol. The Morgan fingerprint density at radius 2 is 1.89 bits per heavy atom. The molecule has 0 aromatic carbocycles. The van der Waals surface area contributed by atoms with Crippen molar-refractivity contribution < 1.29 is 8.42 Å². The summed E-state index contributed by atoms with van der Waals surface area (Å²) in [6, 6.07) is 0. The van der Waals surface area contributed by atoms with Crippen molar-refractivity contribution in [3.63, 3.8) is 0 Å². The molecule has 5 heteroatoms. The predicted octanol–water partition coefficient (Wildman–Crippen LogP) is 1.42. The van der Waals surface area contributed by atoms with Crippen molar-refractivity contribution in [1.29, 1.82) is 0 Å². The lowest BCUT2D eigenvalue weighted by Crippen LogP contribution is -2.68. The standard InChI is InChI=1S/C14H28N2O2S/c1-4-13(2)11-15-14(7-5-6-8-14)12-16(13)9-10-19(3,17)18/h15H,4-12H2,1-3H3. The molecule has 1 unspecified atom stereocenters. The first kappa shape index (κ1) is 15.3. The first-order valence-corrected chi connectivity index (χ1v) is 9.53. The van der Waals surface area contributed by atoms with Gasteiger partial charge in [-0.2, -0.15) is 0 Å². The van der Waals surface area contributed by atoms with Crippen LogP contribution in [0.2, 0.25) is 0 Å². The molecule has 0 aromatic heterocycles. The highest BCUT2D eigenvalue weighted by atomic mass is 32.2. The fourth-order valence-electron chi connectivity index (χ4n) is 3.46. The number of piperazine rings is 1. The van der Waals surface area contributed by atoms with Gasteiger partial charge >= 0.3 is 0 Å². The first-order chi connectivity index (χ1) is 8.79. The molecular formula is C14H28N2O2S. The summed E-state index contributed by atoms with van der Waals surface area (Å²) in [5.74, 6) is 0.276. The van der Waals surface area contributed by atoms with E-state index in [1.54, 1.807) is 0 Å². The van der Waals surface area contributed by atoms with Gasteiger partial charge in [0.2, 0.25) is 0 Å². The third-order valence-electron chi connectivity index (χ3n) is 5.16. The second kappa shape index (κ2) is 5.34. The SMILES string of the molecule is CCC1(C)CNC2(CCCC2)CN1CCS(C)(=O)=O. The Morgan fingerprint density at radius 3 is 2.42 bits per heavy atom. The van der Waals surface area contributed by atoms with E-state index in [2.05, 4.69) is 24.1 Å². The molecule has 19 heavy (non-hydrogen) atoms. The van der Waals surface area contributed by atoms with Gasteiger partial charge in [0, 0.05) is 37.0 Å². The summed E-state index contributed by atoms with van der Waals surface area (Å²) < 4.78 is 22.9. The van der Waals surface area contributed by atoms with Gasteiger partial charge in [0.05, 0.1) is 5.75 Å². The first-order valence-electron chi connectivity index (χ1n) is 7.46. The van der Waals surface area contributed by atoms with Gasteiger partial charge in [0.25, 0.3) is 0 Å². The maximum absolute atomic E-state index is 11.4. The van der Waals surface area contributed by atoms with E-state index in [-0.39, 0.29) is 16.8 Å². The molecule has 1 N–H and O–H groups in total. The molecule has 2 aliphatic rings. The summed E-state index contributed by atoms with van der Waals surface area (Å²) in [4.78, 5) is 2.43. The molecule has 1 saturated carbocycles. The Bertz CT molecular complexity index is 415. The smallest absolute Gasteiger partial charge is 0.148 e. The Kier molecular flexibility index (Phi) is 4.29. The highest BCUT2D eigenvalue weighted by Crippen LogP contribution is 2.36. The van der Waals surface area contributed by atoms with E-state index in [1.807, 2.05) is 0 Å². The second-order valence-corrected chi connectivity index (χ2v) is 9.00. The van der Waals surface area contributed by atoms with Crippen molar-refractivity contribution in [2.45, 2.75) is 57.0 Å². The largest absolute Gasteiger partial charge is 0.308 e. The lowest BCUT2D eigenvalue weighted by atomic mass is 9.85. The second-order valence-electron chi connectivity index (χ2n) is 6.74. The number of hydrogen-bond acceptors (Lipinski definition) is 4. The van der Waals surface area contributed by atoms with Crippen LogP contribution in [0, 0.1) is 0 Å². The van der Waals surface area contributed by atoms with Crippen LogP contribution in [0.3, 0.4) is 0 Å². The summed E-state index contributed by atoms with van der Waals surface area (Å²) in [6.07, 6.45) is 7.47. The average molecular weight is 288 g/mol. The van der Waals surface area contributed by atoms with Crippen LogP contribution in [-0.4, -0.2) is 56.0 Å². The Balaban J connectivity index is 2.09. The van der Waals surface area contributed by atoms with Crippen LogP contribution in [0.1, 0.15) is 46.0 Å². The monoisotopic (exact) mass is 288 g/mol. The molecule has 2 rings (SSSR count). The molecule has 1 aliphatic heterocycles. The fourth-order valence-corrected chi connectivity index (χ4v) is 4.01. The summed E-state index contributed by atoms with van der Waals surface area (Å²) in [5.41, 5.74) is 0.352. The van der Waals surface area contributed by atoms with Crippen molar-refractivity contribution in [2.24, 2.45) is 0 Å². The van der Waals surface area contributed by atoms with Gasteiger partial charge in [-0.1, -0.05) is 19.8 Å². The Hall–Kier alpha value is -0.130. The zero-order chi connectivity index (χ0) is 14.1. The topological polar surface area (TPSA) is 49.4 Å². The third-order valence-corrected chi connectivity index (χ3v) is 6.08. The van der Waals surface area contributed by atoms with Crippen molar-refractivity contribution >= 4 is 9.84 Å². The van der Waals surface area contributed by atoms with Crippen molar-refractivity contribution in [1.82, 2.24) is 10.2 Å². The molecule has 1 aliphatic carbocycles. The molecule has 1 saturated heterocycles. The quantitative estimate of drug-likeness (QED) is 0.850. The minimum atomic E-state index is -2.88. The van der Waals surface area contributed by atoms with E-state index in [4.69, 9.17) is 0 Å². The third kappa shape index (κ3) is 3.50. The van der Waals surface area contributed by atoms with E-state index in [9.17, 15) is 8.42 Å². The van der Waals surface area contributed by atoms with Gasteiger partial charge in [-0.3, -0.25) is 4.90 Å². The normalized spacial score (nSPS) is 31.9. The fraction of sp³-hybridized carbons (Fsp3) is 1.00. The molecule has 0 radical (unpaired) electrons. The number of sulfone groups is 1. The van der Waals surface area contributed by atoms with Gasteiger partial charge in [-0.05, 0) is 26.2 Å². The molecule has 0 aromatic rings. The van der Waals surface area contributed by atoms with Gasteiger partial charge in [-0.15, -0.1) is 0 Å². The maximum atomic E-state index is 11.4. The zero-order valence-electron chi connectivity index (χ0n) is 12.5. The minimum absolute atomic E-state index is 0.0958. The van der Waals surface area contributed by atoms with Crippen LogP contribution in [0.25, 0.3) is 0 Å². The minimum Gasteiger partial charge on any atom is -0.308 e. The van der Waals surface area contributed by atoms with Gasteiger partial charge in [0.15, 0.2) is 0 Å². The summed E-state index contributed by atoms with van der Waals surface area (Å²) in [7, 11) is -2.88. The molecule has 2 fully saturated rings. The van der Waals surface area contributed by atoms with Gasteiger partial charge < -0.3 is 5.32 Å². The van der Waals surface area contributed by atoms with Crippen LogP contribution in [0.5, 0.6) is 0 Å². The highest BCUT2D eigenvalue weighted by Gasteiger charge is 2.45. The van der Waals surface area contributed by atoms with Crippen molar-refractivity contribution in [3.8, 4) is 0 Å². The van der Waals surface area contributed by atoms with Crippen LogP contribution < -0.4 is 5.32 Å². The molecule has 1 atom stereocenters. The summed E-state index contributed by atoms with van der Waals surface area (Å²) in [5, 5.41) is 3.77. The number of rotatable bonds is 4. The van der Waals surface area contributed by atoms with E-state index in [0.717, 1.165) is 19.5 Å². The molecule has 1 spiro atoms. The van der Waals surface area contributed by atoms with Gasteiger partial charge in [-0.25, -0.2) is 8.42 Å². The van der Waals surface area contributed by atoms with Crippen LogP contribution in [0.15, 0.2) is 0 Å². The molecule has 4 nitrogen and oxygen atoms in total. The molecule has 0 amide bonds. The molecule has 112 valence electrons. The zero-order valence-corrected chi connectivity index (χ0v) is 13.4. The van der Waals surface area contributed by atoms with Gasteiger partial charge in [0.1, 0.15) is 9.84 Å². The molecule has 0 bridgehead atoms. The molecular weight excluding hydrogens is 260 g/mol. The highest BCUT2D eigenvalue weighted by molar-refractivity contribution is 7.90. The Labute approximate surface area is 117 Å². The van der Waals surface area contributed by atoms with E-state index in [1.165, 1.54) is 31.9 Å². The van der Waals surface area contributed by atoms with Crippen LogP contribution in [0.4, 0.5) is 0 Å².